The van der Waals surface area contributed by atoms with Gasteiger partial charge in [0.2, 0.25) is 0 Å². The van der Waals surface area contributed by atoms with Gasteiger partial charge in [-0.05, 0) is 41.1 Å². The molecule has 0 bridgehead atoms. The smallest absolute Gasteiger partial charge is 0.251 e. The van der Waals surface area contributed by atoms with Crippen molar-refractivity contribution in [3.05, 3.63) is 28.2 Å². The molecule has 1 atom stereocenters. The Kier molecular flexibility index (Phi) is 4.11. The molecule has 15 heavy (non-hydrogen) atoms. The lowest BCUT2D eigenvalue weighted by atomic mass is 10.2. The van der Waals surface area contributed by atoms with Crippen LogP contribution in [0.3, 0.4) is 0 Å². The van der Waals surface area contributed by atoms with Gasteiger partial charge < -0.3 is 15.5 Å². The average molecular weight is 274 g/mol. The molecular formula is C10H12BrNO3. The zero-order valence-electron chi connectivity index (χ0n) is 8.20. The van der Waals surface area contributed by atoms with Crippen LogP contribution in [0.2, 0.25) is 0 Å². The summed E-state index contributed by atoms with van der Waals surface area (Å²) in [7, 11) is 0. The highest BCUT2D eigenvalue weighted by Crippen LogP contribution is 2.24. The number of carbonyl (C=O) groups excluding carboxylic acids is 1. The van der Waals surface area contributed by atoms with Crippen LogP contribution in [0, 0.1) is 0 Å². The van der Waals surface area contributed by atoms with E-state index in [1.807, 2.05) is 0 Å². The number of rotatable bonds is 3. The number of benzene rings is 1. The van der Waals surface area contributed by atoms with Gasteiger partial charge in [-0.15, -0.1) is 0 Å². The molecular weight excluding hydrogens is 262 g/mol. The summed E-state index contributed by atoms with van der Waals surface area (Å²) in [5.41, 5.74) is 0.358. The van der Waals surface area contributed by atoms with Gasteiger partial charge in [0.15, 0.2) is 0 Å². The molecule has 0 radical (unpaired) electrons. The largest absolute Gasteiger partial charge is 0.507 e. The predicted octanol–water partition coefficient (Wildman–Crippen LogP) is 1.27. The van der Waals surface area contributed by atoms with Crippen molar-refractivity contribution in [1.29, 1.82) is 0 Å². The van der Waals surface area contributed by atoms with Gasteiger partial charge in [0, 0.05) is 12.1 Å². The van der Waals surface area contributed by atoms with E-state index in [0.29, 0.717) is 10.0 Å². The second-order valence-corrected chi connectivity index (χ2v) is 4.08. The van der Waals surface area contributed by atoms with E-state index in [9.17, 15) is 9.90 Å². The van der Waals surface area contributed by atoms with Crippen molar-refractivity contribution >= 4 is 21.8 Å². The standard InChI is InChI=1S/C10H12BrNO3/c1-6(13)5-12-10(15)7-2-3-8(11)9(14)4-7/h2-4,6,13-14H,5H2,1H3,(H,12,15)/t6-/m1/s1. The fourth-order valence-electron chi connectivity index (χ4n) is 0.996. The Hall–Kier alpha value is -1.07. The molecule has 0 saturated carbocycles. The first-order chi connectivity index (χ1) is 7.00. The number of halogens is 1. The number of phenols is 1. The molecule has 0 spiro atoms. The minimum atomic E-state index is -0.585. The number of amides is 1. The van der Waals surface area contributed by atoms with Crippen LogP contribution in [-0.4, -0.2) is 28.8 Å². The molecule has 0 heterocycles. The molecule has 0 unspecified atom stereocenters. The van der Waals surface area contributed by atoms with Crippen molar-refractivity contribution < 1.29 is 15.0 Å². The van der Waals surface area contributed by atoms with Crippen molar-refractivity contribution in [3.63, 3.8) is 0 Å². The molecule has 0 aliphatic rings. The highest BCUT2D eigenvalue weighted by Gasteiger charge is 2.08. The molecule has 0 fully saturated rings. The highest BCUT2D eigenvalue weighted by molar-refractivity contribution is 9.10. The molecule has 1 aromatic carbocycles. The first-order valence-corrected chi connectivity index (χ1v) is 5.25. The molecule has 5 heteroatoms. The molecule has 4 nitrogen and oxygen atoms in total. The lowest BCUT2D eigenvalue weighted by Crippen LogP contribution is -2.30. The second kappa shape index (κ2) is 5.14. The maximum Gasteiger partial charge on any atom is 0.251 e. The number of aliphatic hydroxyl groups is 1. The van der Waals surface area contributed by atoms with Crippen LogP contribution in [-0.2, 0) is 0 Å². The summed E-state index contributed by atoms with van der Waals surface area (Å²) in [6.45, 7) is 1.77. The van der Waals surface area contributed by atoms with Crippen LogP contribution in [0.15, 0.2) is 22.7 Å². The summed E-state index contributed by atoms with van der Waals surface area (Å²) < 4.78 is 0.537. The lowest BCUT2D eigenvalue weighted by Gasteiger charge is -2.07. The Morgan fingerprint density at radius 1 is 1.60 bits per heavy atom. The van der Waals surface area contributed by atoms with Crippen molar-refractivity contribution in [2.75, 3.05) is 6.54 Å². The summed E-state index contributed by atoms with van der Waals surface area (Å²) in [4.78, 5) is 11.5. The van der Waals surface area contributed by atoms with E-state index in [0.717, 1.165) is 0 Å². The van der Waals surface area contributed by atoms with Crippen LogP contribution in [0.5, 0.6) is 5.75 Å². The fourth-order valence-corrected chi connectivity index (χ4v) is 1.24. The molecule has 0 aliphatic carbocycles. The van der Waals surface area contributed by atoms with E-state index in [4.69, 9.17) is 5.11 Å². The Balaban J connectivity index is 2.70. The van der Waals surface area contributed by atoms with Crippen LogP contribution >= 0.6 is 15.9 Å². The molecule has 1 amide bonds. The molecule has 0 aliphatic heterocycles. The van der Waals surface area contributed by atoms with Crippen LogP contribution in [0.1, 0.15) is 17.3 Å². The van der Waals surface area contributed by atoms with Crippen molar-refractivity contribution in [3.8, 4) is 5.75 Å². The van der Waals surface area contributed by atoms with Crippen LogP contribution < -0.4 is 5.32 Å². The molecule has 82 valence electrons. The molecule has 0 saturated heterocycles. The topological polar surface area (TPSA) is 69.6 Å². The van der Waals surface area contributed by atoms with E-state index >= 15 is 0 Å². The minimum Gasteiger partial charge on any atom is -0.507 e. The Morgan fingerprint density at radius 3 is 2.80 bits per heavy atom. The summed E-state index contributed by atoms with van der Waals surface area (Å²) in [6.07, 6.45) is -0.585. The summed E-state index contributed by atoms with van der Waals surface area (Å²) in [5, 5.41) is 20.9. The van der Waals surface area contributed by atoms with Gasteiger partial charge in [0.25, 0.3) is 5.91 Å². The maximum atomic E-state index is 11.5. The molecule has 1 rings (SSSR count). The molecule has 3 N–H and O–H groups in total. The van der Waals surface area contributed by atoms with Crippen LogP contribution in [0.25, 0.3) is 0 Å². The average Bonchev–Trinajstić information content (AvgIpc) is 2.18. The van der Waals surface area contributed by atoms with Gasteiger partial charge in [-0.2, -0.15) is 0 Å². The number of carbonyl (C=O) groups is 1. The summed E-state index contributed by atoms with van der Waals surface area (Å²) in [5.74, 6) is -0.307. The zero-order chi connectivity index (χ0) is 11.4. The van der Waals surface area contributed by atoms with Gasteiger partial charge in [0.05, 0.1) is 10.6 Å². The lowest BCUT2D eigenvalue weighted by molar-refractivity contribution is 0.0923. The van der Waals surface area contributed by atoms with Crippen molar-refractivity contribution in [1.82, 2.24) is 5.32 Å². The predicted molar refractivity (Wildman–Crippen MR) is 59.8 cm³/mol. The monoisotopic (exact) mass is 273 g/mol. The normalized spacial score (nSPS) is 12.2. The Labute approximate surface area is 96.1 Å². The van der Waals surface area contributed by atoms with E-state index in [1.165, 1.54) is 6.07 Å². The quantitative estimate of drug-likeness (QED) is 0.777. The number of aromatic hydroxyl groups is 1. The summed E-state index contributed by atoms with van der Waals surface area (Å²) in [6, 6.07) is 4.54. The summed E-state index contributed by atoms with van der Waals surface area (Å²) >= 11 is 3.12. The van der Waals surface area contributed by atoms with E-state index < -0.39 is 6.10 Å². The SMILES string of the molecule is C[C@@H](O)CNC(=O)c1ccc(Br)c(O)c1. The number of phenolic OH excluding ortho intramolecular Hbond substituents is 1. The van der Waals surface area contributed by atoms with Gasteiger partial charge >= 0.3 is 0 Å². The molecule has 0 aromatic heterocycles. The Morgan fingerprint density at radius 2 is 2.27 bits per heavy atom. The van der Waals surface area contributed by atoms with Gasteiger partial charge in [0.1, 0.15) is 5.75 Å². The highest BCUT2D eigenvalue weighted by atomic mass is 79.9. The third kappa shape index (κ3) is 3.53. The first-order valence-electron chi connectivity index (χ1n) is 4.45. The first kappa shape index (κ1) is 12.0. The van der Waals surface area contributed by atoms with E-state index in [-0.39, 0.29) is 18.2 Å². The van der Waals surface area contributed by atoms with Crippen LogP contribution in [0.4, 0.5) is 0 Å². The third-order valence-corrected chi connectivity index (χ3v) is 2.44. The van der Waals surface area contributed by atoms with Crippen molar-refractivity contribution in [2.45, 2.75) is 13.0 Å². The van der Waals surface area contributed by atoms with Gasteiger partial charge in [-0.1, -0.05) is 0 Å². The fraction of sp³-hybridized carbons (Fsp3) is 0.300. The Bertz CT molecular complexity index is 366. The second-order valence-electron chi connectivity index (χ2n) is 3.23. The zero-order valence-corrected chi connectivity index (χ0v) is 9.78. The van der Waals surface area contributed by atoms with Gasteiger partial charge in [-0.3, -0.25) is 4.79 Å². The van der Waals surface area contributed by atoms with Crippen molar-refractivity contribution in [2.24, 2.45) is 0 Å². The minimum absolute atomic E-state index is 0.0136. The number of nitrogens with one attached hydrogen (secondary N) is 1. The number of aliphatic hydroxyl groups excluding tert-OH is 1. The van der Waals surface area contributed by atoms with E-state index in [2.05, 4.69) is 21.2 Å². The van der Waals surface area contributed by atoms with Gasteiger partial charge in [-0.25, -0.2) is 0 Å². The maximum absolute atomic E-state index is 11.5. The van der Waals surface area contributed by atoms with E-state index in [1.54, 1.807) is 19.1 Å². The molecule has 1 aromatic rings. The third-order valence-electron chi connectivity index (χ3n) is 1.77. The number of hydrogen-bond donors (Lipinski definition) is 3. The number of hydrogen-bond acceptors (Lipinski definition) is 3.